The topological polar surface area (TPSA) is 42.0 Å². The molecule has 2 unspecified atom stereocenters. The molecule has 0 aliphatic carbocycles. The van der Waals surface area contributed by atoms with Gasteiger partial charge in [-0.1, -0.05) is 0 Å². The van der Waals surface area contributed by atoms with E-state index in [0.29, 0.717) is 12.6 Å². The molecule has 2 heterocycles. The Morgan fingerprint density at radius 3 is 2.89 bits per heavy atom. The van der Waals surface area contributed by atoms with Crippen molar-refractivity contribution in [2.24, 2.45) is 0 Å². The number of fused-ring (bicyclic) bond motifs is 1. The second kappa shape index (κ2) is 6.09. The van der Waals surface area contributed by atoms with Crippen LogP contribution in [-0.4, -0.2) is 67.9 Å². The highest BCUT2D eigenvalue weighted by Gasteiger charge is 2.49. The largest absolute Gasteiger partial charge is 0.448 e. The highest BCUT2D eigenvalue weighted by molar-refractivity contribution is 5.66. The number of nitrogens with zero attached hydrogens (tertiary/aromatic N) is 2. The summed E-state index contributed by atoms with van der Waals surface area (Å²) in [6, 6.07) is 0.367. The van der Waals surface area contributed by atoms with Crippen LogP contribution in [-0.2, 0) is 9.47 Å². The lowest BCUT2D eigenvalue weighted by Crippen LogP contribution is -2.47. The lowest BCUT2D eigenvalue weighted by molar-refractivity contribution is 0.0154. The molecule has 1 amide bonds. The van der Waals surface area contributed by atoms with E-state index in [1.54, 1.807) is 14.1 Å². The minimum Gasteiger partial charge on any atom is -0.448 e. The molecule has 2 fully saturated rings. The van der Waals surface area contributed by atoms with Gasteiger partial charge in [-0.25, -0.2) is 4.79 Å². The molecule has 0 aromatic rings. The summed E-state index contributed by atoms with van der Waals surface area (Å²) in [5.41, 5.74) is 0.213. The molecule has 5 heteroatoms. The quantitative estimate of drug-likeness (QED) is 0.763. The van der Waals surface area contributed by atoms with E-state index in [-0.39, 0.29) is 11.6 Å². The fraction of sp³-hybridized carbons (Fsp3) is 0.929. The molecule has 2 saturated heterocycles. The van der Waals surface area contributed by atoms with Crippen LogP contribution in [0.25, 0.3) is 0 Å². The van der Waals surface area contributed by atoms with Gasteiger partial charge in [-0.2, -0.15) is 0 Å². The fourth-order valence-corrected chi connectivity index (χ4v) is 3.38. The van der Waals surface area contributed by atoms with Gasteiger partial charge in [-0.3, -0.25) is 4.90 Å². The Kier molecular flexibility index (Phi) is 4.68. The standard InChI is InChI=1S/C14H26N2O3/c1-4-18-11-14-7-5-9-16(14)12(6-8-14)10-19-13(17)15(2)3/h12H,4-11H2,1-3H3. The van der Waals surface area contributed by atoms with Gasteiger partial charge >= 0.3 is 6.09 Å². The van der Waals surface area contributed by atoms with Crippen molar-refractivity contribution in [2.45, 2.75) is 44.2 Å². The predicted octanol–water partition coefficient (Wildman–Crippen LogP) is 1.72. The van der Waals surface area contributed by atoms with Gasteiger partial charge in [-0.15, -0.1) is 0 Å². The van der Waals surface area contributed by atoms with Crippen molar-refractivity contribution in [1.29, 1.82) is 0 Å². The van der Waals surface area contributed by atoms with E-state index in [1.165, 1.54) is 17.7 Å². The lowest BCUT2D eigenvalue weighted by Gasteiger charge is -2.34. The van der Waals surface area contributed by atoms with E-state index in [9.17, 15) is 4.79 Å². The number of hydrogen-bond donors (Lipinski definition) is 0. The van der Waals surface area contributed by atoms with Crippen LogP contribution in [0.15, 0.2) is 0 Å². The zero-order valence-electron chi connectivity index (χ0n) is 12.4. The van der Waals surface area contributed by atoms with Crippen molar-refractivity contribution in [3.8, 4) is 0 Å². The average Bonchev–Trinajstić information content (AvgIpc) is 2.92. The number of amides is 1. The van der Waals surface area contributed by atoms with Crippen molar-refractivity contribution in [2.75, 3.05) is 40.5 Å². The molecule has 0 radical (unpaired) electrons. The third-order valence-electron chi connectivity index (χ3n) is 4.37. The van der Waals surface area contributed by atoms with Crippen LogP contribution in [0.1, 0.15) is 32.6 Å². The first-order valence-corrected chi connectivity index (χ1v) is 7.27. The van der Waals surface area contributed by atoms with Crippen LogP contribution in [0, 0.1) is 0 Å². The summed E-state index contributed by atoms with van der Waals surface area (Å²) in [6.07, 6.45) is 4.46. The molecular formula is C14H26N2O3. The Morgan fingerprint density at radius 1 is 1.42 bits per heavy atom. The van der Waals surface area contributed by atoms with Gasteiger partial charge in [0.15, 0.2) is 0 Å². The molecule has 19 heavy (non-hydrogen) atoms. The van der Waals surface area contributed by atoms with Crippen molar-refractivity contribution >= 4 is 6.09 Å². The minimum absolute atomic E-state index is 0.213. The van der Waals surface area contributed by atoms with Gasteiger partial charge in [0, 0.05) is 32.3 Å². The zero-order chi connectivity index (χ0) is 13.9. The van der Waals surface area contributed by atoms with Gasteiger partial charge in [0.05, 0.1) is 6.61 Å². The van der Waals surface area contributed by atoms with Crippen molar-refractivity contribution in [3.63, 3.8) is 0 Å². The summed E-state index contributed by atoms with van der Waals surface area (Å²) in [4.78, 5) is 15.5. The van der Waals surface area contributed by atoms with E-state index in [0.717, 1.165) is 32.6 Å². The minimum atomic E-state index is -0.249. The summed E-state index contributed by atoms with van der Waals surface area (Å²) in [5.74, 6) is 0. The molecule has 2 atom stereocenters. The number of rotatable bonds is 5. The van der Waals surface area contributed by atoms with Gasteiger partial charge in [0.2, 0.25) is 0 Å². The zero-order valence-corrected chi connectivity index (χ0v) is 12.4. The first-order chi connectivity index (χ1) is 9.09. The number of carbonyl (C=O) groups excluding carboxylic acids is 1. The number of carbonyl (C=O) groups is 1. The van der Waals surface area contributed by atoms with Crippen LogP contribution in [0.5, 0.6) is 0 Å². The number of hydrogen-bond acceptors (Lipinski definition) is 4. The summed E-state index contributed by atoms with van der Waals surface area (Å²) in [7, 11) is 3.43. The molecule has 0 aromatic carbocycles. The maximum Gasteiger partial charge on any atom is 0.409 e. The SMILES string of the molecule is CCOCC12CCCN1C(COC(=O)N(C)C)CC2. The molecule has 0 aromatic heterocycles. The predicted molar refractivity (Wildman–Crippen MR) is 73.2 cm³/mol. The van der Waals surface area contributed by atoms with E-state index in [1.807, 2.05) is 6.92 Å². The third-order valence-corrected chi connectivity index (χ3v) is 4.37. The monoisotopic (exact) mass is 270 g/mol. The summed E-state index contributed by atoms with van der Waals surface area (Å²) >= 11 is 0. The van der Waals surface area contributed by atoms with Crippen LogP contribution in [0.2, 0.25) is 0 Å². The Labute approximate surface area is 115 Å². The molecule has 0 N–H and O–H groups in total. The van der Waals surface area contributed by atoms with Gasteiger partial charge in [-0.05, 0) is 39.2 Å². The summed E-state index contributed by atoms with van der Waals surface area (Å²) in [5, 5.41) is 0. The van der Waals surface area contributed by atoms with E-state index < -0.39 is 0 Å². The van der Waals surface area contributed by atoms with Crippen molar-refractivity contribution in [1.82, 2.24) is 9.80 Å². The Morgan fingerprint density at radius 2 is 2.21 bits per heavy atom. The van der Waals surface area contributed by atoms with Crippen LogP contribution < -0.4 is 0 Å². The van der Waals surface area contributed by atoms with Crippen molar-refractivity contribution < 1.29 is 14.3 Å². The van der Waals surface area contributed by atoms with Crippen LogP contribution in [0.4, 0.5) is 4.79 Å². The van der Waals surface area contributed by atoms with E-state index in [4.69, 9.17) is 9.47 Å². The van der Waals surface area contributed by atoms with Crippen LogP contribution in [0.3, 0.4) is 0 Å². The molecule has 0 spiro atoms. The molecule has 2 aliphatic heterocycles. The Hall–Kier alpha value is -0.810. The highest BCUT2D eigenvalue weighted by Crippen LogP contribution is 2.42. The molecule has 0 bridgehead atoms. The maximum atomic E-state index is 11.5. The fourth-order valence-electron chi connectivity index (χ4n) is 3.38. The molecule has 2 aliphatic rings. The highest BCUT2D eigenvalue weighted by atomic mass is 16.6. The van der Waals surface area contributed by atoms with E-state index >= 15 is 0 Å². The Balaban J connectivity index is 1.89. The van der Waals surface area contributed by atoms with E-state index in [2.05, 4.69) is 4.90 Å². The first kappa shape index (κ1) is 14.6. The second-order valence-corrected chi connectivity index (χ2v) is 5.82. The van der Waals surface area contributed by atoms with Crippen molar-refractivity contribution in [3.05, 3.63) is 0 Å². The van der Waals surface area contributed by atoms with Gasteiger partial charge < -0.3 is 14.4 Å². The first-order valence-electron chi connectivity index (χ1n) is 7.27. The van der Waals surface area contributed by atoms with Gasteiger partial charge in [0.25, 0.3) is 0 Å². The summed E-state index contributed by atoms with van der Waals surface area (Å²) < 4.78 is 11.0. The molecule has 5 nitrogen and oxygen atoms in total. The molecule has 0 saturated carbocycles. The smallest absolute Gasteiger partial charge is 0.409 e. The maximum absolute atomic E-state index is 11.5. The van der Waals surface area contributed by atoms with Crippen LogP contribution >= 0.6 is 0 Å². The second-order valence-electron chi connectivity index (χ2n) is 5.82. The van der Waals surface area contributed by atoms with Gasteiger partial charge in [0.1, 0.15) is 6.61 Å². The third kappa shape index (κ3) is 3.03. The lowest BCUT2D eigenvalue weighted by atomic mass is 9.95. The molecular weight excluding hydrogens is 244 g/mol. The Bertz CT molecular complexity index is 322. The molecule has 2 rings (SSSR count). The summed E-state index contributed by atoms with van der Waals surface area (Å²) in [6.45, 7) is 5.25. The average molecular weight is 270 g/mol. The number of ether oxygens (including phenoxy) is 2. The molecule has 110 valence electrons. The normalized spacial score (nSPS) is 30.4.